The lowest BCUT2D eigenvalue weighted by atomic mass is 9.78. The van der Waals surface area contributed by atoms with E-state index in [4.69, 9.17) is 4.74 Å². The van der Waals surface area contributed by atoms with Crippen LogP contribution in [0.4, 0.5) is 0 Å². The molecule has 0 radical (unpaired) electrons. The minimum atomic E-state index is -0.834. The number of carbonyl (C=O) groups is 1. The van der Waals surface area contributed by atoms with Crippen LogP contribution in [0.5, 0.6) is 11.5 Å². The molecule has 2 N–H and O–H groups in total. The third-order valence-corrected chi connectivity index (χ3v) is 4.14. The zero-order chi connectivity index (χ0) is 15.5. The molecule has 0 aliphatic heterocycles. The summed E-state index contributed by atoms with van der Waals surface area (Å²) in [6, 6.07) is 6.71. The maximum absolute atomic E-state index is 12.4. The lowest BCUT2D eigenvalue weighted by molar-refractivity contribution is 0.0891. The molecule has 1 aromatic rings. The lowest BCUT2D eigenvalue weighted by Gasteiger charge is -2.34. The number of methoxy groups -OCH3 is 1. The third-order valence-electron chi connectivity index (χ3n) is 4.14. The topological polar surface area (TPSA) is 82.3 Å². The van der Waals surface area contributed by atoms with Gasteiger partial charge in [0.25, 0.3) is 5.91 Å². The van der Waals surface area contributed by atoms with Crippen LogP contribution in [0.15, 0.2) is 18.2 Å². The standard InChI is InChI=1S/C16H20N2O3/c1-11-5-7-16(10-17,8-6-11)18-15(20)13-9-12(21-2)3-4-14(13)19/h3-4,9,11,19H,5-8H2,1-2H3,(H,18,20). The average molecular weight is 288 g/mol. The number of nitriles is 1. The predicted molar refractivity (Wildman–Crippen MR) is 78.1 cm³/mol. The molecule has 5 nitrogen and oxygen atoms in total. The van der Waals surface area contributed by atoms with E-state index in [0.717, 1.165) is 12.8 Å². The maximum Gasteiger partial charge on any atom is 0.256 e. The average Bonchev–Trinajstić information content (AvgIpc) is 2.50. The number of ether oxygens (including phenoxy) is 1. The largest absolute Gasteiger partial charge is 0.507 e. The normalized spacial score (nSPS) is 24.9. The summed E-state index contributed by atoms with van der Waals surface area (Å²) >= 11 is 0. The molecule has 1 saturated carbocycles. The first kappa shape index (κ1) is 15.2. The van der Waals surface area contributed by atoms with Crippen LogP contribution in [-0.2, 0) is 0 Å². The number of amides is 1. The summed E-state index contributed by atoms with van der Waals surface area (Å²) in [5, 5.41) is 22.1. The fraction of sp³-hybridized carbons (Fsp3) is 0.500. The predicted octanol–water partition coefficient (Wildman–Crippen LogP) is 2.60. The second kappa shape index (κ2) is 6.04. The molecule has 0 unspecified atom stereocenters. The number of hydrogen-bond donors (Lipinski definition) is 2. The van der Waals surface area contributed by atoms with Gasteiger partial charge in [-0.15, -0.1) is 0 Å². The summed E-state index contributed by atoms with van der Waals surface area (Å²) in [6.45, 7) is 2.15. The number of benzene rings is 1. The Morgan fingerprint density at radius 3 is 2.71 bits per heavy atom. The Morgan fingerprint density at radius 2 is 2.14 bits per heavy atom. The van der Waals surface area contributed by atoms with Crippen molar-refractivity contribution in [2.24, 2.45) is 5.92 Å². The van der Waals surface area contributed by atoms with E-state index < -0.39 is 11.4 Å². The van der Waals surface area contributed by atoms with Crippen molar-refractivity contribution in [2.75, 3.05) is 7.11 Å². The fourth-order valence-corrected chi connectivity index (χ4v) is 2.63. The van der Waals surface area contributed by atoms with Gasteiger partial charge < -0.3 is 15.2 Å². The van der Waals surface area contributed by atoms with Gasteiger partial charge >= 0.3 is 0 Å². The zero-order valence-electron chi connectivity index (χ0n) is 12.3. The number of rotatable bonds is 3. The van der Waals surface area contributed by atoms with E-state index in [1.807, 2.05) is 0 Å². The molecule has 0 heterocycles. The highest BCUT2D eigenvalue weighted by Gasteiger charge is 2.36. The Bertz CT molecular complexity index is 569. The second-order valence-electron chi connectivity index (χ2n) is 5.71. The number of nitrogens with zero attached hydrogens (tertiary/aromatic N) is 1. The lowest BCUT2D eigenvalue weighted by Crippen LogP contribution is -2.49. The first-order valence-electron chi connectivity index (χ1n) is 7.10. The van der Waals surface area contributed by atoms with E-state index in [-0.39, 0.29) is 11.3 Å². The van der Waals surface area contributed by atoms with Crippen molar-refractivity contribution in [1.82, 2.24) is 5.32 Å². The molecule has 0 saturated heterocycles. The van der Waals surface area contributed by atoms with Gasteiger partial charge in [0.15, 0.2) is 0 Å². The van der Waals surface area contributed by atoms with Crippen LogP contribution in [0.25, 0.3) is 0 Å². The van der Waals surface area contributed by atoms with Crippen molar-refractivity contribution in [2.45, 2.75) is 38.1 Å². The van der Waals surface area contributed by atoms with Crippen LogP contribution >= 0.6 is 0 Å². The fourth-order valence-electron chi connectivity index (χ4n) is 2.63. The molecule has 112 valence electrons. The Hall–Kier alpha value is -2.22. The second-order valence-corrected chi connectivity index (χ2v) is 5.71. The highest BCUT2D eigenvalue weighted by molar-refractivity contribution is 5.97. The summed E-state index contributed by atoms with van der Waals surface area (Å²) in [4.78, 5) is 12.4. The zero-order valence-corrected chi connectivity index (χ0v) is 12.3. The molecule has 21 heavy (non-hydrogen) atoms. The van der Waals surface area contributed by atoms with E-state index in [2.05, 4.69) is 18.3 Å². The summed E-state index contributed by atoms with van der Waals surface area (Å²) in [6.07, 6.45) is 3.11. The number of aromatic hydroxyl groups is 1. The highest BCUT2D eigenvalue weighted by Crippen LogP contribution is 2.32. The molecule has 1 aliphatic carbocycles. The molecule has 0 spiro atoms. The minimum Gasteiger partial charge on any atom is -0.507 e. The van der Waals surface area contributed by atoms with E-state index in [0.29, 0.717) is 24.5 Å². The van der Waals surface area contributed by atoms with Crippen LogP contribution < -0.4 is 10.1 Å². The first-order valence-corrected chi connectivity index (χ1v) is 7.10. The Kier molecular flexibility index (Phi) is 4.37. The van der Waals surface area contributed by atoms with Gasteiger partial charge in [-0.25, -0.2) is 0 Å². The minimum absolute atomic E-state index is 0.120. The van der Waals surface area contributed by atoms with Gasteiger partial charge in [0.1, 0.15) is 17.0 Å². The van der Waals surface area contributed by atoms with Crippen molar-refractivity contribution >= 4 is 5.91 Å². The van der Waals surface area contributed by atoms with E-state index in [9.17, 15) is 15.2 Å². The van der Waals surface area contributed by atoms with Crippen molar-refractivity contribution in [3.05, 3.63) is 23.8 Å². The first-order chi connectivity index (χ1) is 9.99. The van der Waals surface area contributed by atoms with Crippen molar-refractivity contribution in [3.8, 4) is 17.6 Å². The van der Waals surface area contributed by atoms with E-state index in [1.165, 1.54) is 19.2 Å². The van der Waals surface area contributed by atoms with Crippen molar-refractivity contribution in [3.63, 3.8) is 0 Å². The number of phenolic OH excluding ortho intramolecular Hbond substituents is 1. The Balaban J connectivity index is 2.19. The van der Waals surface area contributed by atoms with Gasteiger partial charge in [0.2, 0.25) is 0 Å². The Morgan fingerprint density at radius 1 is 1.48 bits per heavy atom. The molecule has 0 atom stereocenters. The maximum atomic E-state index is 12.4. The molecular formula is C16H20N2O3. The van der Waals surface area contributed by atoms with Gasteiger partial charge in [-0.05, 0) is 49.8 Å². The number of nitrogens with one attached hydrogen (secondary N) is 1. The van der Waals surface area contributed by atoms with Crippen LogP contribution in [0, 0.1) is 17.2 Å². The molecule has 0 aromatic heterocycles. The SMILES string of the molecule is COc1ccc(O)c(C(=O)NC2(C#N)CCC(C)CC2)c1. The van der Waals surface area contributed by atoms with Gasteiger partial charge in [0, 0.05) is 0 Å². The molecule has 1 fully saturated rings. The van der Waals surface area contributed by atoms with Crippen LogP contribution in [0.1, 0.15) is 43.0 Å². The summed E-state index contributed by atoms with van der Waals surface area (Å²) in [5.74, 6) is 0.503. The number of carbonyl (C=O) groups excluding carboxylic acids is 1. The van der Waals surface area contributed by atoms with E-state index in [1.54, 1.807) is 6.07 Å². The van der Waals surface area contributed by atoms with Crippen LogP contribution in [-0.4, -0.2) is 23.7 Å². The molecule has 1 amide bonds. The van der Waals surface area contributed by atoms with Crippen LogP contribution in [0.3, 0.4) is 0 Å². The molecule has 1 aliphatic rings. The summed E-state index contributed by atoms with van der Waals surface area (Å²) < 4.78 is 5.06. The quantitative estimate of drug-likeness (QED) is 0.895. The molecule has 1 aromatic carbocycles. The highest BCUT2D eigenvalue weighted by atomic mass is 16.5. The molecule has 2 rings (SSSR count). The van der Waals surface area contributed by atoms with Crippen molar-refractivity contribution in [1.29, 1.82) is 5.26 Å². The Labute approximate surface area is 124 Å². The smallest absolute Gasteiger partial charge is 0.256 e. The van der Waals surface area contributed by atoms with Gasteiger partial charge in [0.05, 0.1) is 18.7 Å². The monoisotopic (exact) mass is 288 g/mol. The molecule has 5 heteroatoms. The molecule has 0 bridgehead atoms. The number of phenols is 1. The third kappa shape index (κ3) is 3.27. The van der Waals surface area contributed by atoms with Crippen LogP contribution in [0.2, 0.25) is 0 Å². The molecular weight excluding hydrogens is 268 g/mol. The number of hydrogen-bond acceptors (Lipinski definition) is 4. The van der Waals surface area contributed by atoms with Crippen molar-refractivity contribution < 1.29 is 14.6 Å². The van der Waals surface area contributed by atoms with E-state index >= 15 is 0 Å². The van der Waals surface area contributed by atoms with Gasteiger partial charge in [-0.3, -0.25) is 4.79 Å². The van der Waals surface area contributed by atoms with Gasteiger partial charge in [-0.2, -0.15) is 5.26 Å². The summed E-state index contributed by atoms with van der Waals surface area (Å²) in [5.41, 5.74) is -0.707. The van der Waals surface area contributed by atoms with Gasteiger partial charge in [-0.1, -0.05) is 6.92 Å². The summed E-state index contributed by atoms with van der Waals surface area (Å²) in [7, 11) is 1.49.